The standard InChI is InChI=1S/C22H22N2O5/c1-14(21(26)24-17-9-5-4-7-16(17)12-23)28-19(25)13-27-18-10-6-8-15-11-22(2,3)29-20(15)18/h4-10,14H,11,13H2,1-3H3,(H,24,26)/t14-/m1/s1. The molecule has 1 N–H and O–H groups in total. The first-order valence-corrected chi connectivity index (χ1v) is 9.22. The van der Waals surface area contributed by atoms with Crippen LogP contribution in [-0.4, -0.2) is 30.2 Å². The van der Waals surface area contributed by atoms with Crippen molar-refractivity contribution in [2.24, 2.45) is 0 Å². The maximum Gasteiger partial charge on any atom is 0.344 e. The van der Waals surface area contributed by atoms with Gasteiger partial charge in [-0.1, -0.05) is 24.3 Å². The monoisotopic (exact) mass is 394 g/mol. The van der Waals surface area contributed by atoms with Gasteiger partial charge in [-0.05, 0) is 39.0 Å². The van der Waals surface area contributed by atoms with Gasteiger partial charge >= 0.3 is 5.97 Å². The van der Waals surface area contributed by atoms with E-state index in [1.54, 1.807) is 30.3 Å². The highest BCUT2D eigenvalue weighted by atomic mass is 16.6. The highest BCUT2D eigenvalue weighted by Crippen LogP contribution is 2.41. The molecule has 0 aliphatic carbocycles. The van der Waals surface area contributed by atoms with Crippen molar-refractivity contribution in [3.05, 3.63) is 53.6 Å². The van der Waals surface area contributed by atoms with Crippen molar-refractivity contribution in [3.63, 3.8) is 0 Å². The average Bonchev–Trinajstić information content (AvgIpc) is 3.01. The molecule has 1 aliphatic heterocycles. The second kappa shape index (κ2) is 8.23. The lowest BCUT2D eigenvalue weighted by atomic mass is 10.0. The Labute approximate surface area is 169 Å². The minimum atomic E-state index is -1.05. The lowest BCUT2D eigenvalue weighted by molar-refractivity contribution is -0.155. The van der Waals surface area contributed by atoms with Crippen molar-refractivity contribution >= 4 is 17.6 Å². The fourth-order valence-electron chi connectivity index (χ4n) is 3.05. The molecule has 0 fully saturated rings. The Hall–Kier alpha value is -3.53. The van der Waals surface area contributed by atoms with Gasteiger partial charge < -0.3 is 19.5 Å². The van der Waals surface area contributed by atoms with Crippen molar-refractivity contribution in [2.75, 3.05) is 11.9 Å². The van der Waals surface area contributed by atoms with Crippen molar-refractivity contribution in [1.29, 1.82) is 5.26 Å². The predicted octanol–water partition coefficient (Wildman–Crippen LogP) is 3.22. The maximum atomic E-state index is 12.3. The van der Waals surface area contributed by atoms with Gasteiger partial charge in [-0.15, -0.1) is 0 Å². The van der Waals surface area contributed by atoms with Crippen LogP contribution in [0.2, 0.25) is 0 Å². The molecule has 2 aromatic rings. The summed E-state index contributed by atoms with van der Waals surface area (Å²) in [6.45, 7) is 5.06. The van der Waals surface area contributed by atoms with Gasteiger partial charge in [0.05, 0.1) is 11.3 Å². The molecule has 7 heteroatoms. The zero-order valence-corrected chi connectivity index (χ0v) is 16.5. The molecule has 0 radical (unpaired) electrons. The van der Waals surface area contributed by atoms with Crippen molar-refractivity contribution in [3.8, 4) is 17.6 Å². The van der Waals surface area contributed by atoms with Crippen molar-refractivity contribution in [2.45, 2.75) is 38.9 Å². The second-order valence-corrected chi connectivity index (χ2v) is 7.35. The van der Waals surface area contributed by atoms with Gasteiger partial charge in [0, 0.05) is 12.0 Å². The molecule has 0 saturated heterocycles. The average molecular weight is 394 g/mol. The summed E-state index contributed by atoms with van der Waals surface area (Å²) < 4.78 is 16.6. The minimum Gasteiger partial charge on any atom is -0.483 e. The van der Waals surface area contributed by atoms with Gasteiger partial charge in [-0.3, -0.25) is 4.79 Å². The van der Waals surface area contributed by atoms with E-state index < -0.39 is 18.0 Å². The largest absolute Gasteiger partial charge is 0.483 e. The lowest BCUT2D eigenvalue weighted by Crippen LogP contribution is -2.32. The molecule has 0 unspecified atom stereocenters. The molecule has 1 heterocycles. The first-order valence-electron chi connectivity index (χ1n) is 9.22. The molecule has 7 nitrogen and oxygen atoms in total. The molecule has 1 atom stereocenters. The zero-order chi connectivity index (χ0) is 21.0. The fourth-order valence-corrected chi connectivity index (χ4v) is 3.05. The van der Waals surface area contributed by atoms with Gasteiger partial charge in [0.1, 0.15) is 11.7 Å². The van der Waals surface area contributed by atoms with Crippen LogP contribution >= 0.6 is 0 Å². The van der Waals surface area contributed by atoms with Crippen LogP contribution in [0.4, 0.5) is 5.69 Å². The van der Waals surface area contributed by atoms with E-state index in [1.807, 2.05) is 32.0 Å². The number of nitriles is 1. The molecule has 1 aliphatic rings. The summed E-state index contributed by atoms with van der Waals surface area (Å²) in [4.78, 5) is 24.4. The summed E-state index contributed by atoms with van der Waals surface area (Å²) in [5, 5.41) is 11.7. The Morgan fingerprint density at radius 3 is 2.76 bits per heavy atom. The van der Waals surface area contributed by atoms with Gasteiger partial charge in [0.2, 0.25) is 0 Å². The predicted molar refractivity (Wildman–Crippen MR) is 106 cm³/mol. The topological polar surface area (TPSA) is 97.7 Å². The summed E-state index contributed by atoms with van der Waals surface area (Å²) in [5.41, 5.74) is 1.38. The highest BCUT2D eigenvalue weighted by Gasteiger charge is 2.32. The molecule has 2 aromatic carbocycles. The number of hydrogen-bond donors (Lipinski definition) is 1. The van der Waals surface area contributed by atoms with Crippen LogP contribution in [0.3, 0.4) is 0 Å². The summed E-state index contributed by atoms with van der Waals surface area (Å²) in [6, 6.07) is 14.1. The third-order valence-corrected chi connectivity index (χ3v) is 4.38. The number of carbonyl (C=O) groups is 2. The number of hydrogen-bond acceptors (Lipinski definition) is 6. The lowest BCUT2D eigenvalue weighted by Gasteiger charge is -2.18. The van der Waals surface area contributed by atoms with E-state index >= 15 is 0 Å². The van der Waals surface area contributed by atoms with Crippen LogP contribution in [0.1, 0.15) is 31.9 Å². The molecule has 0 saturated carbocycles. The Morgan fingerprint density at radius 1 is 1.24 bits per heavy atom. The number of nitrogens with one attached hydrogen (secondary N) is 1. The quantitative estimate of drug-likeness (QED) is 0.756. The van der Waals surface area contributed by atoms with Crippen LogP contribution in [0, 0.1) is 11.3 Å². The van der Waals surface area contributed by atoms with E-state index in [0.717, 1.165) is 12.0 Å². The molecule has 3 rings (SSSR count). The normalized spacial score (nSPS) is 14.7. The highest BCUT2D eigenvalue weighted by molar-refractivity contribution is 5.96. The number of carbonyl (C=O) groups excluding carboxylic acids is 2. The van der Waals surface area contributed by atoms with E-state index in [2.05, 4.69) is 5.32 Å². The van der Waals surface area contributed by atoms with Crippen LogP contribution in [0.5, 0.6) is 11.5 Å². The van der Waals surface area contributed by atoms with Crippen LogP contribution in [0.15, 0.2) is 42.5 Å². The Morgan fingerprint density at radius 2 is 2.00 bits per heavy atom. The van der Waals surface area contributed by atoms with E-state index in [1.165, 1.54) is 6.92 Å². The molecule has 0 aromatic heterocycles. The summed E-state index contributed by atoms with van der Waals surface area (Å²) >= 11 is 0. The van der Waals surface area contributed by atoms with Crippen molar-refractivity contribution in [1.82, 2.24) is 0 Å². The Kier molecular flexibility index (Phi) is 5.74. The van der Waals surface area contributed by atoms with Gasteiger partial charge in [0.15, 0.2) is 24.2 Å². The van der Waals surface area contributed by atoms with Crippen LogP contribution in [-0.2, 0) is 20.7 Å². The number of esters is 1. The fraction of sp³-hybridized carbons (Fsp3) is 0.318. The number of amides is 1. The number of para-hydroxylation sites is 2. The summed E-state index contributed by atoms with van der Waals surface area (Å²) in [5.74, 6) is -0.128. The smallest absolute Gasteiger partial charge is 0.344 e. The third-order valence-electron chi connectivity index (χ3n) is 4.38. The van der Waals surface area contributed by atoms with E-state index in [9.17, 15) is 9.59 Å². The van der Waals surface area contributed by atoms with Crippen LogP contribution in [0.25, 0.3) is 0 Å². The number of anilines is 1. The van der Waals surface area contributed by atoms with E-state index in [0.29, 0.717) is 22.7 Å². The second-order valence-electron chi connectivity index (χ2n) is 7.35. The molecule has 0 spiro atoms. The zero-order valence-electron chi connectivity index (χ0n) is 16.5. The van der Waals surface area contributed by atoms with Gasteiger partial charge in [0.25, 0.3) is 5.91 Å². The number of rotatable bonds is 6. The molecule has 0 bridgehead atoms. The molecule has 29 heavy (non-hydrogen) atoms. The van der Waals surface area contributed by atoms with Crippen molar-refractivity contribution < 1.29 is 23.8 Å². The number of ether oxygens (including phenoxy) is 3. The number of fused-ring (bicyclic) bond motifs is 1. The summed E-state index contributed by atoms with van der Waals surface area (Å²) in [7, 11) is 0. The Bertz CT molecular complexity index is 977. The molecular weight excluding hydrogens is 372 g/mol. The Balaban J connectivity index is 1.55. The molecular formula is C22H22N2O5. The number of nitrogens with zero attached hydrogens (tertiary/aromatic N) is 1. The van der Waals surface area contributed by atoms with Crippen LogP contribution < -0.4 is 14.8 Å². The minimum absolute atomic E-state index is 0.323. The third kappa shape index (κ3) is 4.85. The SMILES string of the molecule is C[C@@H](OC(=O)COc1cccc2c1OC(C)(C)C2)C(=O)Nc1ccccc1C#N. The van der Waals surface area contributed by atoms with Gasteiger partial charge in [-0.25, -0.2) is 4.79 Å². The summed E-state index contributed by atoms with van der Waals surface area (Å²) in [6.07, 6.45) is -0.291. The molecule has 1 amide bonds. The first kappa shape index (κ1) is 20.2. The maximum absolute atomic E-state index is 12.3. The number of benzene rings is 2. The van der Waals surface area contributed by atoms with E-state index in [-0.39, 0.29) is 12.2 Å². The molecule has 150 valence electrons. The van der Waals surface area contributed by atoms with Gasteiger partial charge in [-0.2, -0.15) is 5.26 Å². The first-order chi connectivity index (χ1) is 13.8. The van der Waals surface area contributed by atoms with E-state index in [4.69, 9.17) is 19.5 Å².